The molecule has 0 saturated carbocycles. The highest BCUT2D eigenvalue weighted by Crippen LogP contribution is 2.41. The molecule has 0 saturated heterocycles. The predicted octanol–water partition coefficient (Wildman–Crippen LogP) is 6.97. The summed E-state index contributed by atoms with van der Waals surface area (Å²) in [7, 11) is 0. The Balaban J connectivity index is 1.70. The first-order chi connectivity index (χ1) is 14.8. The van der Waals surface area contributed by atoms with Gasteiger partial charge in [-0.2, -0.15) is 0 Å². The Morgan fingerprint density at radius 2 is 1.77 bits per heavy atom. The summed E-state index contributed by atoms with van der Waals surface area (Å²) in [5, 5.41) is 9.80. The topological polar surface area (TPSA) is 59.3 Å². The molecule has 1 heterocycles. The van der Waals surface area contributed by atoms with Crippen LogP contribution in [0.15, 0.2) is 64.6 Å². The quantitative estimate of drug-likeness (QED) is 0.339. The fourth-order valence-corrected chi connectivity index (χ4v) is 5.01. The molecule has 0 atom stereocenters. The zero-order valence-corrected chi connectivity index (χ0v) is 19.6. The number of nitrogens with zero attached hydrogens (tertiary/aromatic N) is 1. The van der Waals surface area contributed by atoms with Crippen LogP contribution in [0.5, 0.6) is 0 Å². The van der Waals surface area contributed by atoms with E-state index in [0.29, 0.717) is 27.9 Å². The van der Waals surface area contributed by atoms with Crippen molar-refractivity contribution >= 4 is 46.7 Å². The number of aromatic nitrogens is 1. The second-order valence-corrected chi connectivity index (χ2v) is 9.37. The van der Waals surface area contributed by atoms with E-state index in [0.717, 1.165) is 15.4 Å². The van der Waals surface area contributed by atoms with Crippen LogP contribution < -0.4 is 0 Å². The Bertz CT molecular complexity index is 1110. The zero-order valence-electron chi connectivity index (χ0n) is 17.3. The molecule has 0 bridgehead atoms. The standard InChI is InChI=1S/C24H23Cl2NO3S/c1-15(2)18-5-3-4-6-20(18)31-21-10-8-16(23(25)24(21)26)7-9-19(28)17-11-12-27(13-17)14-22(29)30/h3-6,8,10-13,15H,7,9,14H2,1-2H3,(H,29,30). The highest BCUT2D eigenvalue weighted by Gasteiger charge is 2.16. The Hall–Kier alpha value is -2.21. The number of hydrogen-bond acceptors (Lipinski definition) is 3. The van der Waals surface area contributed by atoms with Crippen LogP contribution in [0.3, 0.4) is 0 Å². The summed E-state index contributed by atoms with van der Waals surface area (Å²) in [6.45, 7) is 4.14. The van der Waals surface area contributed by atoms with Gasteiger partial charge in [-0.15, -0.1) is 0 Å². The van der Waals surface area contributed by atoms with Crippen LogP contribution in [0, 0.1) is 0 Å². The van der Waals surface area contributed by atoms with Crippen LogP contribution in [0.4, 0.5) is 0 Å². The highest BCUT2D eigenvalue weighted by molar-refractivity contribution is 7.99. The number of benzene rings is 2. The fourth-order valence-electron chi connectivity index (χ4n) is 3.27. The van der Waals surface area contributed by atoms with Gasteiger partial charge in [-0.1, -0.05) is 73.1 Å². The molecule has 4 nitrogen and oxygen atoms in total. The average molecular weight is 476 g/mol. The lowest BCUT2D eigenvalue weighted by molar-refractivity contribution is -0.137. The van der Waals surface area contributed by atoms with Crippen LogP contribution in [0.2, 0.25) is 10.0 Å². The van der Waals surface area contributed by atoms with Gasteiger partial charge in [0, 0.05) is 34.2 Å². The zero-order chi connectivity index (χ0) is 22.5. The summed E-state index contributed by atoms with van der Waals surface area (Å²) in [5.74, 6) is -0.626. The molecule has 3 aromatic rings. The summed E-state index contributed by atoms with van der Waals surface area (Å²) in [5.41, 5.74) is 2.55. The number of carbonyl (C=O) groups is 2. The summed E-state index contributed by atoms with van der Waals surface area (Å²) in [6, 6.07) is 13.7. The van der Waals surface area contributed by atoms with Crippen LogP contribution in [0.25, 0.3) is 0 Å². The molecule has 162 valence electrons. The molecular weight excluding hydrogens is 453 g/mol. The van der Waals surface area contributed by atoms with Gasteiger partial charge in [0.15, 0.2) is 5.78 Å². The van der Waals surface area contributed by atoms with Gasteiger partial charge in [-0.3, -0.25) is 9.59 Å². The van der Waals surface area contributed by atoms with E-state index in [2.05, 4.69) is 26.0 Å². The molecule has 0 spiro atoms. The SMILES string of the molecule is CC(C)c1ccccc1Sc1ccc(CCC(=O)c2ccn(CC(=O)O)c2)c(Cl)c1Cl. The monoisotopic (exact) mass is 475 g/mol. The van der Waals surface area contributed by atoms with Crippen LogP contribution in [-0.4, -0.2) is 21.4 Å². The molecular formula is C24H23Cl2NO3S. The Morgan fingerprint density at radius 3 is 2.48 bits per heavy atom. The van der Waals surface area contributed by atoms with E-state index in [-0.39, 0.29) is 18.7 Å². The van der Waals surface area contributed by atoms with Crippen LogP contribution >= 0.6 is 35.0 Å². The largest absolute Gasteiger partial charge is 0.480 e. The lowest BCUT2D eigenvalue weighted by atomic mass is 10.0. The maximum absolute atomic E-state index is 12.5. The number of carboxylic acids is 1. The number of aryl methyl sites for hydroxylation is 1. The van der Waals surface area contributed by atoms with Crippen molar-refractivity contribution in [1.29, 1.82) is 0 Å². The third-order valence-corrected chi connectivity index (χ3v) is 7.08. The van der Waals surface area contributed by atoms with Crippen molar-refractivity contribution in [3.8, 4) is 0 Å². The summed E-state index contributed by atoms with van der Waals surface area (Å²) in [6.07, 6.45) is 3.86. The first kappa shape index (κ1) is 23.5. The minimum atomic E-state index is -0.954. The van der Waals surface area contributed by atoms with E-state index < -0.39 is 5.97 Å². The number of hydrogen-bond donors (Lipinski definition) is 1. The third kappa shape index (κ3) is 5.94. The van der Waals surface area contributed by atoms with E-state index >= 15 is 0 Å². The van der Waals surface area contributed by atoms with E-state index in [1.165, 1.54) is 10.1 Å². The van der Waals surface area contributed by atoms with Gasteiger partial charge in [0.2, 0.25) is 0 Å². The molecule has 0 amide bonds. The van der Waals surface area contributed by atoms with E-state index in [1.807, 2.05) is 24.3 Å². The summed E-state index contributed by atoms with van der Waals surface area (Å²) >= 11 is 14.7. The van der Waals surface area contributed by atoms with Gasteiger partial charge >= 0.3 is 5.97 Å². The molecule has 7 heteroatoms. The summed E-state index contributed by atoms with van der Waals surface area (Å²) in [4.78, 5) is 25.3. The van der Waals surface area contributed by atoms with Gasteiger partial charge in [0.05, 0.1) is 10.0 Å². The molecule has 3 rings (SSSR count). The molecule has 0 unspecified atom stereocenters. The molecule has 2 aromatic carbocycles. The van der Waals surface area contributed by atoms with Crippen molar-refractivity contribution in [3.05, 3.63) is 81.6 Å². The van der Waals surface area contributed by atoms with Gasteiger partial charge in [-0.25, -0.2) is 0 Å². The van der Waals surface area contributed by atoms with Crippen molar-refractivity contribution in [1.82, 2.24) is 4.57 Å². The molecule has 0 radical (unpaired) electrons. The molecule has 0 fully saturated rings. The average Bonchev–Trinajstić information content (AvgIpc) is 3.18. The fraction of sp³-hybridized carbons (Fsp3) is 0.250. The molecule has 31 heavy (non-hydrogen) atoms. The minimum absolute atomic E-state index is 0.0689. The van der Waals surface area contributed by atoms with Crippen LogP contribution in [-0.2, 0) is 17.8 Å². The maximum atomic E-state index is 12.5. The summed E-state index contributed by atoms with van der Waals surface area (Å²) < 4.78 is 1.47. The lowest BCUT2D eigenvalue weighted by Crippen LogP contribution is -2.07. The molecule has 1 N–H and O–H groups in total. The maximum Gasteiger partial charge on any atom is 0.323 e. The van der Waals surface area contributed by atoms with Crippen LogP contribution in [0.1, 0.15) is 47.7 Å². The normalized spacial score (nSPS) is 11.1. The van der Waals surface area contributed by atoms with E-state index in [4.69, 9.17) is 28.3 Å². The molecule has 0 aliphatic rings. The Morgan fingerprint density at radius 1 is 1.03 bits per heavy atom. The smallest absolute Gasteiger partial charge is 0.323 e. The Kier molecular flexibility index (Phi) is 7.87. The van der Waals surface area contributed by atoms with Gasteiger partial charge in [0.1, 0.15) is 6.54 Å². The number of aliphatic carboxylic acids is 1. The van der Waals surface area contributed by atoms with Gasteiger partial charge in [-0.05, 0) is 41.7 Å². The van der Waals surface area contributed by atoms with Gasteiger partial charge < -0.3 is 9.67 Å². The van der Waals surface area contributed by atoms with Crippen molar-refractivity contribution in [2.75, 3.05) is 0 Å². The van der Waals surface area contributed by atoms with E-state index in [9.17, 15) is 9.59 Å². The van der Waals surface area contributed by atoms with Gasteiger partial charge in [0.25, 0.3) is 0 Å². The second-order valence-electron chi connectivity index (χ2n) is 7.53. The molecule has 0 aliphatic carbocycles. The molecule has 1 aromatic heterocycles. The van der Waals surface area contributed by atoms with Crippen molar-refractivity contribution in [2.45, 2.75) is 48.9 Å². The second kappa shape index (κ2) is 10.4. The van der Waals surface area contributed by atoms with Crippen molar-refractivity contribution in [2.24, 2.45) is 0 Å². The van der Waals surface area contributed by atoms with Crippen molar-refractivity contribution in [3.63, 3.8) is 0 Å². The predicted molar refractivity (Wildman–Crippen MR) is 126 cm³/mol. The third-order valence-electron chi connectivity index (χ3n) is 4.90. The number of halogens is 2. The number of carbonyl (C=O) groups excluding carboxylic acids is 1. The number of Topliss-reactive ketones (excluding diaryl/α,β-unsaturated/α-hetero) is 1. The van der Waals surface area contributed by atoms with E-state index in [1.54, 1.807) is 30.2 Å². The highest BCUT2D eigenvalue weighted by atomic mass is 35.5. The number of carboxylic acid groups (broad SMARTS) is 1. The Labute approximate surface area is 196 Å². The first-order valence-electron chi connectivity index (χ1n) is 9.90. The minimum Gasteiger partial charge on any atom is -0.480 e. The van der Waals surface area contributed by atoms with Crippen molar-refractivity contribution < 1.29 is 14.7 Å². The molecule has 0 aliphatic heterocycles. The lowest BCUT2D eigenvalue weighted by Gasteiger charge is -2.14. The first-order valence-corrected chi connectivity index (χ1v) is 11.5. The number of ketones is 1. The number of rotatable bonds is 9.